The molecule has 0 spiro atoms. The number of ether oxygens (including phenoxy) is 1. The minimum Gasteiger partial charge on any atom is -0.465 e. The Morgan fingerprint density at radius 3 is 2.48 bits per heavy atom. The predicted molar refractivity (Wildman–Crippen MR) is 120 cm³/mol. The third-order valence-electron chi connectivity index (χ3n) is 5.10. The Hall–Kier alpha value is -2.98. The van der Waals surface area contributed by atoms with E-state index in [4.69, 9.17) is 4.74 Å². The molecule has 0 aliphatic carbocycles. The molecule has 0 bridgehead atoms. The number of anilines is 2. The highest BCUT2D eigenvalue weighted by atomic mass is 32.1. The van der Waals surface area contributed by atoms with Crippen LogP contribution in [0.25, 0.3) is 0 Å². The zero-order chi connectivity index (χ0) is 22.5. The molecule has 2 amide bonds. The lowest BCUT2D eigenvalue weighted by Crippen LogP contribution is -2.48. The molecule has 0 radical (unpaired) electrons. The smallest absolute Gasteiger partial charge is 0.341 e. The minimum absolute atomic E-state index is 0.199. The van der Waals surface area contributed by atoms with Gasteiger partial charge in [0.1, 0.15) is 10.8 Å². The van der Waals surface area contributed by atoms with Gasteiger partial charge in [-0.3, -0.25) is 14.5 Å². The molecule has 31 heavy (non-hydrogen) atoms. The maximum absolute atomic E-state index is 12.7. The topological polar surface area (TPSA) is 95.1 Å². The van der Waals surface area contributed by atoms with E-state index in [1.54, 1.807) is 27.2 Å². The van der Waals surface area contributed by atoms with Crippen LogP contribution in [0.2, 0.25) is 0 Å². The van der Waals surface area contributed by atoms with Crippen molar-refractivity contribution in [3.63, 3.8) is 0 Å². The van der Waals surface area contributed by atoms with Gasteiger partial charge < -0.3 is 19.9 Å². The van der Waals surface area contributed by atoms with Gasteiger partial charge in [-0.05, 0) is 24.6 Å². The number of nitrogens with zero attached hydrogens (tertiary/aromatic N) is 4. The van der Waals surface area contributed by atoms with E-state index in [9.17, 15) is 14.4 Å². The lowest BCUT2D eigenvalue weighted by Gasteiger charge is -2.34. The molecule has 3 heterocycles. The Bertz CT molecular complexity index is 952. The molecule has 0 unspecified atom stereocenters. The number of esters is 1. The molecule has 2 aromatic rings. The van der Waals surface area contributed by atoms with Gasteiger partial charge >= 0.3 is 5.97 Å². The SMILES string of the molecule is COC(=O)c1c(NC(=O)CN2CCN(c3ccccn3)CC2)sc(C(=O)N(C)C)c1C. The van der Waals surface area contributed by atoms with Gasteiger partial charge in [-0.2, -0.15) is 0 Å². The van der Waals surface area contributed by atoms with Crippen molar-refractivity contribution in [2.45, 2.75) is 6.92 Å². The van der Waals surface area contributed by atoms with Crippen molar-refractivity contribution in [1.29, 1.82) is 0 Å². The van der Waals surface area contributed by atoms with Crippen molar-refractivity contribution in [2.75, 3.05) is 64.1 Å². The molecule has 1 saturated heterocycles. The van der Waals surface area contributed by atoms with Crippen molar-refractivity contribution >= 4 is 39.9 Å². The predicted octanol–water partition coefficient (Wildman–Crippen LogP) is 1.70. The highest BCUT2D eigenvalue weighted by Gasteiger charge is 2.27. The first-order valence-electron chi connectivity index (χ1n) is 9.93. The number of piperazine rings is 1. The molecule has 0 aromatic carbocycles. The summed E-state index contributed by atoms with van der Waals surface area (Å²) in [7, 11) is 4.56. The maximum atomic E-state index is 12.7. The number of aromatic nitrogens is 1. The van der Waals surface area contributed by atoms with Gasteiger partial charge in [-0.25, -0.2) is 9.78 Å². The molecular weight excluding hydrogens is 418 g/mol. The van der Waals surface area contributed by atoms with E-state index < -0.39 is 5.97 Å². The Balaban J connectivity index is 1.66. The van der Waals surface area contributed by atoms with Crippen LogP contribution in [-0.2, 0) is 9.53 Å². The highest BCUT2D eigenvalue weighted by Crippen LogP contribution is 2.34. The molecule has 0 atom stereocenters. The summed E-state index contributed by atoms with van der Waals surface area (Å²) in [6.07, 6.45) is 1.77. The number of hydrogen-bond donors (Lipinski definition) is 1. The van der Waals surface area contributed by atoms with Crippen LogP contribution in [0.1, 0.15) is 25.6 Å². The van der Waals surface area contributed by atoms with Gasteiger partial charge in [0, 0.05) is 46.5 Å². The zero-order valence-corrected chi connectivity index (χ0v) is 19.0. The van der Waals surface area contributed by atoms with Crippen molar-refractivity contribution in [2.24, 2.45) is 0 Å². The molecule has 1 aliphatic rings. The average Bonchev–Trinajstić information content (AvgIpc) is 3.09. The molecule has 1 aliphatic heterocycles. The summed E-state index contributed by atoms with van der Waals surface area (Å²) in [5.41, 5.74) is 0.737. The van der Waals surface area contributed by atoms with Crippen LogP contribution in [0.5, 0.6) is 0 Å². The Morgan fingerprint density at radius 2 is 1.90 bits per heavy atom. The number of carbonyl (C=O) groups excluding carboxylic acids is 3. The number of thiophene rings is 1. The standard InChI is InChI=1S/C21H27N5O4S/c1-14-17(21(29)30-4)19(31-18(14)20(28)24(2)3)23-16(27)13-25-9-11-26(12-10-25)15-7-5-6-8-22-15/h5-8H,9-13H2,1-4H3,(H,23,27). The lowest BCUT2D eigenvalue weighted by atomic mass is 10.1. The molecule has 0 saturated carbocycles. The Labute approximate surface area is 185 Å². The van der Waals surface area contributed by atoms with Crippen LogP contribution in [0.4, 0.5) is 10.8 Å². The molecule has 9 nitrogen and oxygen atoms in total. The van der Waals surface area contributed by atoms with Gasteiger partial charge in [-0.15, -0.1) is 11.3 Å². The van der Waals surface area contributed by atoms with E-state index >= 15 is 0 Å². The third kappa shape index (κ3) is 5.20. The number of methoxy groups -OCH3 is 1. The fourth-order valence-corrected chi connectivity index (χ4v) is 4.63. The number of carbonyl (C=O) groups is 3. The first kappa shape index (κ1) is 22.7. The van der Waals surface area contributed by atoms with Crippen LogP contribution in [0.3, 0.4) is 0 Å². The second kappa shape index (κ2) is 9.88. The fraction of sp³-hybridized carbons (Fsp3) is 0.429. The first-order valence-corrected chi connectivity index (χ1v) is 10.7. The maximum Gasteiger partial charge on any atom is 0.341 e. The highest BCUT2D eigenvalue weighted by molar-refractivity contribution is 7.18. The monoisotopic (exact) mass is 445 g/mol. The van der Waals surface area contributed by atoms with Crippen LogP contribution in [0, 0.1) is 6.92 Å². The fourth-order valence-electron chi connectivity index (χ4n) is 3.40. The van der Waals surface area contributed by atoms with Gasteiger partial charge in [0.2, 0.25) is 5.91 Å². The number of hydrogen-bond acceptors (Lipinski definition) is 8. The zero-order valence-electron chi connectivity index (χ0n) is 18.2. The van der Waals surface area contributed by atoms with Gasteiger partial charge in [0.15, 0.2) is 0 Å². The van der Waals surface area contributed by atoms with Crippen molar-refractivity contribution in [3.05, 3.63) is 40.4 Å². The van der Waals surface area contributed by atoms with E-state index in [0.29, 0.717) is 15.4 Å². The average molecular weight is 446 g/mol. The van der Waals surface area contributed by atoms with E-state index in [0.717, 1.165) is 43.3 Å². The second-order valence-corrected chi connectivity index (χ2v) is 8.47. The lowest BCUT2D eigenvalue weighted by molar-refractivity contribution is -0.117. The Kier molecular flexibility index (Phi) is 7.24. The van der Waals surface area contributed by atoms with Gasteiger partial charge in [0.05, 0.1) is 24.1 Å². The minimum atomic E-state index is -0.578. The van der Waals surface area contributed by atoms with E-state index in [2.05, 4.69) is 20.1 Å². The summed E-state index contributed by atoms with van der Waals surface area (Å²) in [4.78, 5) is 47.9. The summed E-state index contributed by atoms with van der Waals surface area (Å²) in [5, 5.41) is 3.15. The van der Waals surface area contributed by atoms with Gasteiger partial charge in [-0.1, -0.05) is 6.07 Å². The molecule has 10 heteroatoms. The molecule has 1 fully saturated rings. The summed E-state index contributed by atoms with van der Waals surface area (Å²) >= 11 is 1.10. The second-order valence-electron chi connectivity index (χ2n) is 7.45. The molecule has 3 rings (SSSR count). The summed E-state index contributed by atoms with van der Waals surface area (Å²) < 4.78 is 4.87. The van der Waals surface area contributed by atoms with Crippen molar-refractivity contribution < 1.29 is 19.1 Å². The number of nitrogens with one attached hydrogen (secondary N) is 1. The summed E-state index contributed by atoms with van der Waals surface area (Å²) in [5.74, 6) is -0.104. The first-order chi connectivity index (χ1) is 14.8. The van der Waals surface area contributed by atoms with Crippen molar-refractivity contribution in [1.82, 2.24) is 14.8 Å². The quantitative estimate of drug-likeness (QED) is 0.676. The van der Waals surface area contributed by atoms with Crippen LogP contribution >= 0.6 is 11.3 Å². The van der Waals surface area contributed by atoms with Crippen LogP contribution in [0.15, 0.2) is 24.4 Å². The van der Waals surface area contributed by atoms with E-state index in [-0.39, 0.29) is 23.9 Å². The molecule has 1 N–H and O–H groups in total. The summed E-state index contributed by atoms with van der Waals surface area (Å²) in [6.45, 7) is 4.88. The third-order valence-corrected chi connectivity index (χ3v) is 6.30. The number of amides is 2. The van der Waals surface area contributed by atoms with Crippen LogP contribution < -0.4 is 10.2 Å². The molecule has 2 aromatic heterocycles. The number of pyridine rings is 1. The van der Waals surface area contributed by atoms with E-state index in [1.807, 2.05) is 18.2 Å². The molecular formula is C21H27N5O4S. The molecule has 166 valence electrons. The normalized spacial score (nSPS) is 14.3. The largest absolute Gasteiger partial charge is 0.465 e. The van der Waals surface area contributed by atoms with Crippen LogP contribution in [-0.4, -0.2) is 86.5 Å². The Morgan fingerprint density at radius 1 is 1.19 bits per heavy atom. The van der Waals surface area contributed by atoms with E-state index in [1.165, 1.54) is 12.0 Å². The van der Waals surface area contributed by atoms with Crippen molar-refractivity contribution in [3.8, 4) is 0 Å². The number of rotatable bonds is 6. The van der Waals surface area contributed by atoms with Gasteiger partial charge in [0.25, 0.3) is 5.91 Å². The summed E-state index contributed by atoms with van der Waals surface area (Å²) in [6, 6.07) is 5.82.